The summed E-state index contributed by atoms with van der Waals surface area (Å²) in [5.41, 5.74) is 0.401. The summed E-state index contributed by atoms with van der Waals surface area (Å²) in [5, 5.41) is 13.7. The van der Waals surface area contributed by atoms with Gasteiger partial charge in [0, 0.05) is 0 Å². The molecule has 1 rings (SSSR count). The lowest BCUT2D eigenvalue weighted by Gasteiger charge is -2.17. The molecule has 0 aliphatic heterocycles. The third-order valence-electron chi connectivity index (χ3n) is 2.04. The van der Waals surface area contributed by atoms with E-state index in [-0.39, 0.29) is 5.92 Å². The zero-order valence-corrected chi connectivity index (χ0v) is 9.54. The summed E-state index contributed by atoms with van der Waals surface area (Å²) < 4.78 is 0. The lowest BCUT2D eigenvalue weighted by Crippen LogP contribution is -2.46. The van der Waals surface area contributed by atoms with Crippen LogP contribution in [-0.2, 0) is 4.79 Å². The molecule has 0 aromatic carbocycles. The van der Waals surface area contributed by atoms with Crippen LogP contribution in [0.5, 0.6) is 0 Å². The molecule has 2 amide bonds. The number of aliphatic carboxylic acids is 1. The maximum Gasteiger partial charge on any atom is 0.326 e. The molecule has 0 saturated heterocycles. The third-order valence-corrected chi connectivity index (χ3v) is 2.04. The zero-order chi connectivity index (χ0) is 12.8. The van der Waals surface area contributed by atoms with Gasteiger partial charge in [-0.15, -0.1) is 0 Å². The van der Waals surface area contributed by atoms with Crippen molar-refractivity contribution in [2.75, 3.05) is 5.32 Å². The first-order chi connectivity index (χ1) is 8.00. The number of anilines is 1. The van der Waals surface area contributed by atoms with Crippen LogP contribution in [0, 0.1) is 5.92 Å². The summed E-state index contributed by atoms with van der Waals surface area (Å²) in [6.45, 7) is 3.43. The standard InChI is InChI=1S/C10H14N4O3/c1-6(2)8(9(15)16)14-10(17)13-7-3-11-5-12-4-7/h3-6,8H,1-2H3,(H,15,16)(H2,13,14,17). The number of hydrogen-bond donors (Lipinski definition) is 3. The molecule has 7 heteroatoms. The SMILES string of the molecule is CC(C)C(NC(=O)Nc1cncnc1)C(=O)O. The minimum Gasteiger partial charge on any atom is -0.480 e. The topological polar surface area (TPSA) is 104 Å². The number of nitrogens with one attached hydrogen (secondary N) is 2. The first kappa shape index (κ1) is 12.9. The molecule has 0 bridgehead atoms. The minimum absolute atomic E-state index is 0.203. The molecule has 0 fully saturated rings. The van der Waals surface area contributed by atoms with E-state index in [0.29, 0.717) is 5.69 Å². The van der Waals surface area contributed by atoms with E-state index in [1.165, 1.54) is 18.7 Å². The van der Waals surface area contributed by atoms with Crippen molar-refractivity contribution in [1.82, 2.24) is 15.3 Å². The Kier molecular flexibility index (Phi) is 4.38. The van der Waals surface area contributed by atoms with Gasteiger partial charge in [0.1, 0.15) is 12.4 Å². The van der Waals surface area contributed by atoms with Gasteiger partial charge in [-0.3, -0.25) is 0 Å². The number of nitrogens with zero attached hydrogens (tertiary/aromatic N) is 2. The number of carboxylic acids is 1. The first-order valence-corrected chi connectivity index (χ1v) is 5.06. The highest BCUT2D eigenvalue weighted by Gasteiger charge is 2.23. The summed E-state index contributed by atoms with van der Waals surface area (Å²) in [4.78, 5) is 29.8. The molecular weight excluding hydrogens is 224 g/mol. The Morgan fingerprint density at radius 1 is 1.29 bits per heavy atom. The van der Waals surface area contributed by atoms with Crippen LogP contribution in [0.3, 0.4) is 0 Å². The molecular formula is C10H14N4O3. The van der Waals surface area contributed by atoms with Crippen LogP contribution in [0.25, 0.3) is 0 Å². The van der Waals surface area contributed by atoms with Crippen molar-refractivity contribution in [2.45, 2.75) is 19.9 Å². The smallest absolute Gasteiger partial charge is 0.326 e. The van der Waals surface area contributed by atoms with Gasteiger partial charge in [0.15, 0.2) is 0 Å². The van der Waals surface area contributed by atoms with Gasteiger partial charge in [-0.05, 0) is 5.92 Å². The summed E-state index contributed by atoms with van der Waals surface area (Å²) in [6, 6.07) is -1.53. The van der Waals surface area contributed by atoms with Crippen molar-refractivity contribution in [2.24, 2.45) is 5.92 Å². The number of carbonyl (C=O) groups is 2. The zero-order valence-electron chi connectivity index (χ0n) is 9.54. The average molecular weight is 238 g/mol. The van der Waals surface area contributed by atoms with Gasteiger partial charge in [-0.25, -0.2) is 19.6 Å². The molecule has 17 heavy (non-hydrogen) atoms. The number of urea groups is 1. The molecule has 3 N–H and O–H groups in total. The molecule has 1 unspecified atom stereocenters. The van der Waals surface area contributed by atoms with Crippen LogP contribution >= 0.6 is 0 Å². The van der Waals surface area contributed by atoms with E-state index >= 15 is 0 Å². The molecule has 0 spiro atoms. The fraction of sp³-hybridized carbons (Fsp3) is 0.400. The van der Waals surface area contributed by atoms with Crippen molar-refractivity contribution < 1.29 is 14.7 Å². The predicted octanol–water partition coefficient (Wildman–Crippen LogP) is 0.707. The van der Waals surface area contributed by atoms with Crippen molar-refractivity contribution in [3.05, 3.63) is 18.7 Å². The van der Waals surface area contributed by atoms with Gasteiger partial charge in [0.25, 0.3) is 0 Å². The monoisotopic (exact) mass is 238 g/mol. The Hall–Kier alpha value is -2.18. The normalized spacial score (nSPS) is 11.9. The van der Waals surface area contributed by atoms with Gasteiger partial charge < -0.3 is 15.7 Å². The van der Waals surface area contributed by atoms with E-state index in [1.807, 2.05) is 0 Å². The van der Waals surface area contributed by atoms with Gasteiger partial charge >= 0.3 is 12.0 Å². The summed E-state index contributed by atoms with van der Waals surface area (Å²) in [7, 11) is 0. The number of carbonyl (C=O) groups excluding carboxylic acids is 1. The van der Waals surface area contributed by atoms with Gasteiger partial charge in [0.05, 0.1) is 18.1 Å². The molecule has 0 saturated carbocycles. The number of aromatic nitrogens is 2. The number of rotatable bonds is 4. The van der Waals surface area contributed by atoms with Gasteiger partial charge in [-0.1, -0.05) is 13.8 Å². The van der Waals surface area contributed by atoms with Crippen LogP contribution in [0.1, 0.15) is 13.8 Å². The maximum absolute atomic E-state index is 11.5. The Bertz CT molecular complexity index is 394. The van der Waals surface area contributed by atoms with Crippen LogP contribution in [0.15, 0.2) is 18.7 Å². The number of amides is 2. The van der Waals surface area contributed by atoms with E-state index in [4.69, 9.17) is 5.11 Å². The Balaban J connectivity index is 2.57. The third kappa shape index (κ3) is 4.06. The van der Waals surface area contributed by atoms with E-state index in [1.54, 1.807) is 13.8 Å². The van der Waals surface area contributed by atoms with Crippen LogP contribution in [0.4, 0.5) is 10.5 Å². The Morgan fingerprint density at radius 3 is 2.35 bits per heavy atom. The first-order valence-electron chi connectivity index (χ1n) is 5.06. The lowest BCUT2D eigenvalue weighted by atomic mass is 10.1. The Labute approximate surface area is 98.3 Å². The minimum atomic E-state index is -1.07. The highest BCUT2D eigenvalue weighted by molar-refractivity contribution is 5.91. The highest BCUT2D eigenvalue weighted by Crippen LogP contribution is 2.04. The molecule has 92 valence electrons. The van der Waals surface area contributed by atoms with E-state index in [9.17, 15) is 9.59 Å². The molecule has 0 radical (unpaired) electrons. The van der Waals surface area contributed by atoms with Crippen molar-refractivity contribution in [3.63, 3.8) is 0 Å². The second-order valence-corrected chi connectivity index (χ2v) is 3.79. The fourth-order valence-electron chi connectivity index (χ4n) is 1.19. The maximum atomic E-state index is 11.5. The van der Waals surface area contributed by atoms with Crippen molar-refractivity contribution >= 4 is 17.7 Å². The molecule has 1 aromatic rings. The van der Waals surface area contributed by atoms with Crippen LogP contribution < -0.4 is 10.6 Å². The molecule has 1 atom stereocenters. The van der Waals surface area contributed by atoms with Gasteiger partial charge in [-0.2, -0.15) is 0 Å². The molecule has 1 aromatic heterocycles. The van der Waals surface area contributed by atoms with Crippen LogP contribution in [0.2, 0.25) is 0 Å². The predicted molar refractivity (Wildman–Crippen MR) is 60.4 cm³/mol. The van der Waals surface area contributed by atoms with Gasteiger partial charge in [0.2, 0.25) is 0 Å². The quantitative estimate of drug-likeness (QED) is 0.716. The molecule has 0 aliphatic carbocycles. The second kappa shape index (κ2) is 5.78. The fourth-order valence-corrected chi connectivity index (χ4v) is 1.19. The summed E-state index contributed by atoms with van der Waals surface area (Å²) in [5.74, 6) is -1.27. The van der Waals surface area contributed by atoms with E-state index < -0.39 is 18.0 Å². The molecule has 7 nitrogen and oxygen atoms in total. The highest BCUT2D eigenvalue weighted by atomic mass is 16.4. The van der Waals surface area contributed by atoms with Crippen molar-refractivity contribution in [3.8, 4) is 0 Å². The van der Waals surface area contributed by atoms with E-state index in [2.05, 4.69) is 20.6 Å². The molecule has 1 heterocycles. The molecule has 0 aliphatic rings. The average Bonchev–Trinajstić information content (AvgIpc) is 2.26. The summed E-state index contributed by atoms with van der Waals surface area (Å²) in [6.07, 6.45) is 4.16. The largest absolute Gasteiger partial charge is 0.480 e. The van der Waals surface area contributed by atoms with E-state index in [0.717, 1.165) is 0 Å². The number of hydrogen-bond acceptors (Lipinski definition) is 4. The second-order valence-electron chi connectivity index (χ2n) is 3.79. The lowest BCUT2D eigenvalue weighted by molar-refractivity contribution is -0.140. The van der Waals surface area contributed by atoms with Crippen molar-refractivity contribution in [1.29, 1.82) is 0 Å². The number of carboxylic acid groups (broad SMARTS) is 1. The Morgan fingerprint density at radius 2 is 1.88 bits per heavy atom. The summed E-state index contributed by atoms with van der Waals surface area (Å²) >= 11 is 0. The van der Waals surface area contributed by atoms with Crippen LogP contribution in [-0.4, -0.2) is 33.1 Å².